The quantitative estimate of drug-likeness (QED) is 0.793. The first-order valence-corrected chi connectivity index (χ1v) is 8.26. The van der Waals surface area contributed by atoms with Crippen LogP contribution in [0.25, 0.3) is 20.2 Å². The minimum absolute atomic E-state index is 0.112. The fourth-order valence-corrected chi connectivity index (χ4v) is 3.90. The Morgan fingerprint density at radius 2 is 2.10 bits per heavy atom. The third kappa shape index (κ3) is 3.08. The number of aromatic nitrogens is 2. The van der Waals surface area contributed by atoms with Gasteiger partial charge in [-0.1, -0.05) is 0 Å². The van der Waals surface area contributed by atoms with Gasteiger partial charge in [-0.05, 0) is 38.3 Å². The van der Waals surface area contributed by atoms with E-state index in [1.165, 1.54) is 9.40 Å². The second kappa shape index (κ2) is 5.27. The predicted octanol–water partition coefficient (Wildman–Crippen LogP) is 3.94. The Bertz CT molecular complexity index is 677. The van der Waals surface area contributed by atoms with Gasteiger partial charge in [-0.2, -0.15) is 0 Å². The third-order valence-electron chi connectivity index (χ3n) is 2.81. The van der Waals surface area contributed by atoms with Crippen molar-refractivity contribution in [2.75, 3.05) is 6.54 Å². The topological polar surface area (TPSA) is 51.0 Å². The molecule has 4 nitrogen and oxygen atoms in total. The zero-order valence-corrected chi connectivity index (χ0v) is 13.4. The Hall–Kier alpha value is -1.24. The lowest BCUT2D eigenvalue weighted by Gasteiger charge is -2.19. The van der Waals surface area contributed by atoms with E-state index in [1.54, 1.807) is 22.7 Å². The van der Waals surface area contributed by atoms with Crippen LogP contribution in [0.5, 0.6) is 0 Å². The average molecular weight is 307 g/mol. The van der Waals surface area contributed by atoms with E-state index in [1.807, 2.05) is 0 Å². The summed E-state index contributed by atoms with van der Waals surface area (Å²) in [6, 6.07) is 4.24. The number of rotatable bonds is 4. The minimum atomic E-state index is 0.112. The van der Waals surface area contributed by atoms with Crippen molar-refractivity contribution in [3.05, 3.63) is 23.4 Å². The minimum Gasteiger partial charge on any atom is -0.420 e. The molecule has 1 N–H and O–H groups in total. The van der Waals surface area contributed by atoms with Crippen molar-refractivity contribution in [1.29, 1.82) is 0 Å². The summed E-state index contributed by atoms with van der Waals surface area (Å²) >= 11 is 3.43. The highest BCUT2D eigenvalue weighted by Gasteiger charge is 2.13. The number of nitrogens with zero attached hydrogens (tertiary/aromatic N) is 2. The molecule has 0 unspecified atom stereocenters. The van der Waals surface area contributed by atoms with Crippen LogP contribution in [0, 0.1) is 0 Å². The first-order chi connectivity index (χ1) is 9.51. The van der Waals surface area contributed by atoms with Gasteiger partial charge in [-0.3, -0.25) is 0 Å². The maximum Gasteiger partial charge on any atom is 0.257 e. The largest absolute Gasteiger partial charge is 0.420 e. The normalized spacial score (nSPS) is 12.3. The van der Waals surface area contributed by atoms with Gasteiger partial charge >= 0.3 is 0 Å². The molecule has 0 aliphatic carbocycles. The molecule has 20 heavy (non-hydrogen) atoms. The first-order valence-electron chi connectivity index (χ1n) is 6.56. The summed E-state index contributed by atoms with van der Waals surface area (Å²) < 4.78 is 8.29. The Labute approximate surface area is 125 Å². The average Bonchev–Trinajstić information content (AvgIpc) is 2.99. The molecule has 0 aromatic carbocycles. The second-order valence-electron chi connectivity index (χ2n) is 5.69. The van der Waals surface area contributed by atoms with Crippen molar-refractivity contribution < 1.29 is 4.42 Å². The van der Waals surface area contributed by atoms with Crippen molar-refractivity contribution >= 4 is 32.1 Å². The summed E-state index contributed by atoms with van der Waals surface area (Å²) in [5.74, 6) is 1.32. The molecular weight excluding hydrogens is 290 g/mol. The number of hydrogen-bond acceptors (Lipinski definition) is 6. The van der Waals surface area contributed by atoms with Gasteiger partial charge in [0.05, 0.1) is 4.88 Å². The van der Waals surface area contributed by atoms with Crippen molar-refractivity contribution in [3.63, 3.8) is 0 Å². The van der Waals surface area contributed by atoms with E-state index in [0.29, 0.717) is 11.8 Å². The number of nitrogens with one attached hydrogen (secondary N) is 1. The molecule has 0 aliphatic rings. The number of hydrogen-bond donors (Lipinski definition) is 1. The maximum absolute atomic E-state index is 5.74. The molecule has 0 aliphatic heterocycles. The summed E-state index contributed by atoms with van der Waals surface area (Å²) in [5, 5.41) is 13.8. The van der Waals surface area contributed by atoms with Crippen LogP contribution in [0.2, 0.25) is 0 Å². The first kappa shape index (κ1) is 13.7. The highest BCUT2D eigenvalue weighted by molar-refractivity contribution is 7.28. The molecule has 0 spiro atoms. The molecule has 0 bridgehead atoms. The molecule has 0 radical (unpaired) electrons. The van der Waals surface area contributed by atoms with Crippen molar-refractivity contribution in [2.24, 2.45) is 0 Å². The van der Waals surface area contributed by atoms with Gasteiger partial charge < -0.3 is 9.73 Å². The van der Waals surface area contributed by atoms with Gasteiger partial charge in [0, 0.05) is 27.9 Å². The van der Waals surface area contributed by atoms with E-state index in [2.05, 4.69) is 53.8 Å². The lowest BCUT2D eigenvalue weighted by molar-refractivity contribution is 0.412. The summed E-state index contributed by atoms with van der Waals surface area (Å²) in [4.78, 5) is 1.05. The monoisotopic (exact) mass is 307 g/mol. The zero-order valence-electron chi connectivity index (χ0n) is 11.8. The van der Waals surface area contributed by atoms with E-state index in [9.17, 15) is 0 Å². The van der Waals surface area contributed by atoms with Crippen LogP contribution < -0.4 is 5.32 Å². The van der Waals surface area contributed by atoms with E-state index >= 15 is 0 Å². The smallest absolute Gasteiger partial charge is 0.257 e. The molecule has 0 saturated carbocycles. The molecule has 3 aromatic heterocycles. The van der Waals surface area contributed by atoms with Crippen molar-refractivity contribution in [3.8, 4) is 10.8 Å². The van der Waals surface area contributed by atoms with Gasteiger partial charge in [0.1, 0.15) is 0 Å². The molecule has 0 atom stereocenters. The van der Waals surface area contributed by atoms with Gasteiger partial charge in [-0.25, -0.2) is 0 Å². The van der Waals surface area contributed by atoms with Crippen LogP contribution in [-0.4, -0.2) is 22.3 Å². The maximum atomic E-state index is 5.74. The van der Waals surface area contributed by atoms with Crippen LogP contribution >= 0.6 is 22.7 Å². The van der Waals surface area contributed by atoms with Crippen molar-refractivity contribution in [2.45, 2.75) is 32.7 Å². The van der Waals surface area contributed by atoms with Gasteiger partial charge in [0.25, 0.3) is 5.89 Å². The summed E-state index contributed by atoms with van der Waals surface area (Å²) in [6.07, 6.45) is 0.754. The molecule has 3 rings (SSSR count). The van der Waals surface area contributed by atoms with Gasteiger partial charge in [0.15, 0.2) is 0 Å². The highest BCUT2D eigenvalue weighted by atomic mass is 32.1. The van der Waals surface area contributed by atoms with Gasteiger partial charge in [0.2, 0.25) is 5.89 Å². The van der Waals surface area contributed by atoms with Crippen LogP contribution in [0.4, 0.5) is 0 Å². The van der Waals surface area contributed by atoms with Crippen LogP contribution in [-0.2, 0) is 6.42 Å². The van der Waals surface area contributed by atoms with Crippen molar-refractivity contribution in [1.82, 2.24) is 15.5 Å². The number of fused-ring (bicyclic) bond motifs is 1. The fraction of sp³-hybridized carbons (Fsp3) is 0.429. The van der Waals surface area contributed by atoms with E-state index in [4.69, 9.17) is 4.42 Å². The van der Waals surface area contributed by atoms with E-state index in [0.717, 1.165) is 17.8 Å². The lowest BCUT2D eigenvalue weighted by Crippen LogP contribution is -2.37. The molecule has 0 fully saturated rings. The van der Waals surface area contributed by atoms with E-state index in [-0.39, 0.29) is 5.54 Å². The van der Waals surface area contributed by atoms with Crippen LogP contribution in [0.3, 0.4) is 0 Å². The second-order valence-corrected chi connectivity index (χ2v) is 7.72. The summed E-state index contributed by atoms with van der Waals surface area (Å²) in [6.45, 7) is 7.27. The molecule has 6 heteroatoms. The van der Waals surface area contributed by atoms with E-state index < -0.39 is 0 Å². The lowest BCUT2D eigenvalue weighted by atomic mass is 10.1. The Kier molecular flexibility index (Phi) is 3.62. The highest BCUT2D eigenvalue weighted by Crippen LogP contribution is 2.35. The Balaban J connectivity index is 1.69. The molecule has 106 valence electrons. The zero-order chi connectivity index (χ0) is 14.2. The Morgan fingerprint density at radius 3 is 2.85 bits per heavy atom. The van der Waals surface area contributed by atoms with Crippen LogP contribution in [0.15, 0.2) is 21.9 Å². The van der Waals surface area contributed by atoms with Crippen LogP contribution in [0.1, 0.15) is 26.7 Å². The number of thiophene rings is 2. The SMILES string of the molecule is CC(C)(C)NCCc1nnc(-c2cc3sccc3s2)o1. The molecule has 0 amide bonds. The molecule has 3 aromatic rings. The summed E-state index contributed by atoms with van der Waals surface area (Å²) in [5.41, 5.74) is 0.112. The van der Waals surface area contributed by atoms with Gasteiger partial charge in [-0.15, -0.1) is 32.9 Å². The summed E-state index contributed by atoms with van der Waals surface area (Å²) in [7, 11) is 0. The predicted molar refractivity (Wildman–Crippen MR) is 84.5 cm³/mol. The molecular formula is C14H17N3OS2. The fourth-order valence-electron chi connectivity index (χ4n) is 1.87. The standard InChI is InChI=1S/C14H17N3OS2/c1-14(2,3)15-6-4-12-16-17-13(18-12)11-8-10-9(20-11)5-7-19-10/h5,7-8,15H,4,6H2,1-3H3. The molecule has 3 heterocycles. The Morgan fingerprint density at radius 1 is 1.25 bits per heavy atom. The third-order valence-corrected chi connectivity index (χ3v) is 4.89. The molecule has 0 saturated heterocycles.